The molecule has 3 aromatic carbocycles. The van der Waals surface area contributed by atoms with E-state index in [1.807, 2.05) is 118 Å². The maximum absolute atomic E-state index is 14.0. The van der Waals surface area contributed by atoms with Gasteiger partial charge in [0.25, 0.3) is 11.8 Å². The Bertz CT molecular complexity index is 1190. The molecule has 0 aliphatic carbocycles. The van der Waals surface area contributed by atoms with Crippen LogP contribution in [0, 0.1) is 0 Å². The van der Waals surface area contributed by atoms with Gasteiger partial charge in [-0.1, -0.05) is 72.8 Å². The molecule has 2 N–H and O–H groups in total. The second kappa shape index (κ2) is 9.74. The Morgan fingerprint density at radius 1 is 0.886 bits per heavy atom. The third kappa shape index (κ3) is 4.44. The molecule has 0 unspecified atom stereocenters. The summed E-state index contributed by atoms with van der Waals surface area (Å²) in [5.41, 5.74) is 8.05. The fourth-order valence-corrected chi connectivity index (χ4v) is 4.83. The van der Waals surface area contributed by atoms with E-state index in [-0.39, 0.29) is 36.4 Å². The minimum absolute atomic E-state index is 0.0332. The maximum Gasteiger partial charge on any atom is 0.266 e. The number of nitrogens with two attached hydrogens (primary N) is 1. The summed E-state index contributed by atoms with van der Waals surface area (Å²) in [6, 6.07) is 26.5. The molecule has 6 heteroatoms. The summed E-state index contributed by atoms with van der Waals surface area (Å²) in [6.07, 6.45) is 0. The van der Waals surface area contributed by atoms with Crippen LogP contribution in [0.1, 0.15) is 54.7 Å². The van der Waals surface area contributed by atoms with E-state index in [0.717, 1.165) is 16.7 Å². The molecular weight excluding hydrogens is 436 g/mol. The summed E-state index contributed by atoms with van der Waals surface area (Å²) in [5.74, 6) is -0.0882. The van der Waals surface area contributed by atoms with Crippen molar-refractivity contribution in [2.24, 2.45) is 10.7 Å². The van der Waals surface area contributed by atoms with Crippen LogP contribution in [0.25, 0.3) is 0 Å². The van der Waals surface area contributed by atoms with Crippen molar-refractivity contribution in [3.8, 4) is 0 Å². The van der Waals surface area contributed by atoms with Crippen molar-refractivity contribution < 1.29 is 9.59 Å². The molecule has 0 bridgehead atoms. The molecule has 0 saturated heterocycles. The Labute approximate surface area is 207 Å². The molecule has 180 valence electrons. The van der Waals surface area contributed by atoms with Crippen molar-refractivity contribution in [1.29, 1.82) is 0 Å². The largest absolute Gasteiger partial charge is 0.369 e. The molecule has 0 saturated carbocycles. The average Bonchev–Trinajstić information content (AvgIpc) is 3.10. The van der Waals surface area contributed by atoms with Crippen LogP contribution < -0.4 is 5.73 Å². The first-order valence-electron chi connectivity index (χ1n) is 12.0. The van der Waals surface area contributed by atoms with Crippen LogP contribution in [0.5, 0.6) is 0 Å². The summed E-state index contributed by atoms with van der Waals surface area (Å²) in [7, 11) is 0. The molecule has 0 fully saturated rings. The number of hydrogen-bond donors (Lipinski definition) is 1. The Morgan fingerprint density at radius 3 is 1.94 bits per heavy atom. The zero-order chi connectivity index (χ0) is 25.2. The molecule has 0 spiro atoms. The number of guanidine groups is 1. The standard InChI is InChI=1S/C29H32N4O2/c1-20(2)33(21(3)4)26(34)23-13-11-12-22(18-23)19-32-27(35)29(31-28(32)30,24-14-7-5-8-15-24)25-16-9-6-10-17-25/h5-18,20-21H,19H2,1-4H3,(H2,30,31). The highest BCUT2D eigenvalue weighted by Crippen LogP contribution is 2.40. The summed E-state index contributed by atoms with van der Waals surface area (Å²) in [5, 5.41) is 0. The lowest BCUT2D eigenvalue weighted by atomic mass is 9.83. The van der Waals surface area contributed by atoms with Crippen LogP contribution in [0.2, 0.25) is 0 Å². The fourth-order valence-electron chi connectivity index (χ4n) is 4.83. The van der Waals surface area contributed by atoms with Gasteiger partial charge >= 0.3 is 0 Å². The van der Waals surface area contributed by atoms with Gasteiger partial charge in [0.15, 0.2) is 11.5 Å². The number of nitrogens with zero attached hydrogens (tertiary/aromatic N) is 3. The third-order valence-corrected chi connectivity index (χ3v) is 6.36. The van der Waals surface area contributed by atoms with Gasteiger partial charge < -0.3 is 10.6 Å². The van der Waals surface area contributed by atoms with Crippen molar-refractivity contribution in [2.45, 2.75) is 51.9 Å². The summed E-state index contributed by atoms with van der Waals surface area (Å²) in [4.78, 5) is 35.3. The van der Waals surface area contributed by atoms with Crippen molar-refractivity contribution in [2.75, 3.05) is 0 Å². The number of rotatable bonds is 7. The predicted octanol–water partition coefficient (Wildman–Crippen LogP) is 4.55. The smallest absolute Gasteiger partial charge is 0.266 e. The predicted molar refractivity (Wildman–Crippen MR) is 139 cm³/mol. The van der Waals surface area contributed by atoms with E-state index in [2.05, 4.69) is 0 Å². The van der Waals surface area contributed by atoms with E-state index < -0.39 is 5.54 Å². The molecule has 2 amide bonds. The average molecular weight is 469 g/mol. The van der Waals surface area contributed by atoms with Crippen LogP contribution in [0.15, 0.2) is 89.9 Å². The first kappa shape index (κ1) is 24.2. The van der Waals surface area contributed by atoms with Gasteiger partial charge in [-0.2, -0.15) is 0 Å². The summed E-state index contributed by atoms with van der Waals surface area (Å²) in [6.45, 7) is 8.26. The maximum atomic E-state index is 14.0. The second-order valence-electron chi connectivity index (χ2n) is 9.40. The number of benzene rings is 3. The lowest BCUT2D eigenvalue weighted by molar-refractivity contribution is -0.130. The van der Waals surface area contributed by atoms with Gasteiger partial charge in [0.05, 0.1) is 6.54 Å². The van der Waals surface area contributed by atoms with Crippen LogP contribution in [0.4, 0.5) is 0 Å². The third-order valence-electron chi connectivity index (χ3n) is 6.36. The van der Waals surface area contributed by atoms with E-state index in [9.17, 15) is 9.59 Å². The van der Waals surface area contributed by atoms with Gasteiger partial charge in [-0.05, 0) is 56.5 Å². The highest BCUT2D eigenvalue weighted by atomic mass is 16.2. The number of amides is 2. The first-order valence-corrected chi connectivity index (χ1v) is 12.0. The SMILES string of the molecule is CC(C)N(C(=O)c1cccc(CN2C(=O)C(c3ccccc3)(c3ccccc3)N=C2N)c1)C(C)C. The monoisotopic (exact) mass is 468 g/mol. The van der Waals surface area contributed by atoms with Gasteiger partial charge in [0.1, 0.15) is 0 Å². The van der Waals surface area contributed by atoms with Crippen molar-refractivity contribution in [1.82, 2.24) is 9.80 Å². The lowest BCUT2D eigenvalue weighted by Crippen LogP contribution is -2.43. The van der Waals surface area contributed by atoms with Crippen LogP contribution >= 0.6 is 0 Å². The first-order chi connectivity index (χ1) is 16.8. The number of hydrogen-bond acceptors (Lipinski definition) is 4. The normalized spacial score (nSPS) is 15.0. The van der Waals surface area contributed by atoms with Gasteiger partial charge in [0, 0.05) is 17.6 Å². The van der Waals surface area contributed by atoms with Crippen molar-refractivity contribution in [3.63, 3.8) is 0 Å². The Morgan fingerprint density at radius 2 is 1.43 bits per heavy atom. The van der Waals surface area contributed by atoms with Gasteiger partial charge in [0.2, 0.25) is 0 Å². The van der Waals surface area contributed by atoms with Crippen molar-refractivity contribution >= 4 is 17.8 Å². The van der Waals surface area contributed by atoms with Crippen LogP contribution in [-0.4, -0.2) is 39.7 Å². The topological polar surface area (TPSA) is 79.0 Å². The summed E-state index contributed by atoms with van der Waals surface area (Å²) >= 11 is 0. The Balaban J connectivity index is 1.68. The molecule has 1 heterocycles. The minimum Gasteiger partial charge on any atom is -0.369 e. The highest BCUT2D eigenvalue weighted by Gasteiger charge is 2.50. The second-order valence-corrected chi connectivity index (χ2v) is 9.40. The van der Waals surface area contributed by atoms with E-state index >= 15 is 0 Å². The zero-order valence-electron chi connectivity index (χ0n) is 20.7. The number of aliphatic imine (C=N–C) groups is 1. The molecule has 1 aliphatic rings. The van der Waals surface area contributed by atoms with E-state index in [0.29, 0.717) is 5.56 Å². The minimum atomic E-state index is -1.24. The van der Waals surface area contributed by atoms with E-state index in [4.69, 9.17) is 10.7 Å². The molecular formula is C29H32N4O2. The summed E-state index contributed by atoms with van der Waals surface area (Å²) < 4.78 is 0. The molecule has 0 radical (unpaired) electrons. The molecule has 0 aromatic heterocycles. The van der Waals surface area contributed by atoms with E-state index in [1.54, 1.807) is 0 Å². The molecule has 1 aliphatic heterocycles. The van der Waals surface area contributed by atoms with Gasteiger partial charge in [-0.25, -0.2) is 4.99 Å². The lowest BCUT2D eigenvalue weighted by Gasteiger charge is -2.31. The zero-order valence-corrected chi connectivity index (χ0v) is 20.7. The molecule has 4 rings (SSSR count). The van der Waals surface area contributed by atoms with Crippen molar-refractivity contribution in [3.05, 3.63) is 107 Å². The highest BCUT2D eigenvalue weighted by molar-refractivity contribution is 6.09. The quantitative estimate of drug-likeness (QED) is 0.553. The molecule has 35 heavy (non-hydrogen) atoms. The molecule has 0 atom stereocenters. The number of carbonyl (C=O) groups excluding carboxylic acids is 2. The Kier molecular flexibility index (Phi) is 6.74. The van der Waals surface area contributed by atoms with Crippen LogP contribution in [0.3, 0.4) is 0 Å². The molecule has 6 nitrogen and oxygen atoms in total. The van der Waals surface area contributed by atoms with E-state index in [1.165, 1.54) is 4.90 Å². The molecule has 3 aromatic rings. The van der Waals surface area contributed by atoms with Crippen LogP contribution in [-0.2, 0) is 16.9 Å². The van der Waals surface area contributed by atoms with Gasteiger partial charge in [-0.3, -0.25) is 14.5 Å². The van der Waals surface area contributed by atoms with Gasteiger partial charge in [-0.15, -0.1) is 0 Å². The Hall–Kier alpha value is -3.93. The fraction of sp³-hybridized carbons (Fsp3) is 0.276. The number of carbonyl (C=O) groups is 2.